The molecule has 1 N–H and O–H groups in total. The average molecular weight is 627 g/mol. The van der Waals surface area contributed by atoms with E-state index in [1.165, 1.54) is 12.1 Å². The van der Waals surface area contributed by atoms with Gasteiger partial charge >= 0.3 is 0 Å². The molecule has 0 aromatic heterocycles. The van der Waals surface area contributed by atoms with Gasteiger partial charge in [0.1, 0.15) is 10.9 Å². The van der Waals surface area contributed by atoms with Crippen LogP contribution >= 0.6 is 27.5 Å². The minimum Gasteiger partial charge on any atom is -0.327 e. The highest BCUT2D eigenvalue weighted by Gasteiger charge is 2.25. The number of benzene rings is 3. The number of halogens is 2. The zero-order valence-corrected chi connectivity index (χ0v) is 22.9. The van der Waals surface area contributed by atoms with Gasteiger partial charge in [-0.1, -0.05) is 48.0 Å². The summed E-state index contributed by atoms with van der Waals surface area (Å²) in [7, 11) is -4.32. The Kier molecular flexibility index (Phi) is 7.17. The third-order valence-electron chi connectivity index (χ3n) is 5.82. The summed E-state index contributed by atoms with van der Waals surface area (Å²) in [4.78, 5) is 34.3. The number of anilines is 1. The van der Waals surface area contributed by atoms with E-state index in [1.807, 2.05) is 41.4 Å². The summed E-state index contributed by atoms with van der Waals surface area (Å²) < 4.78 is 29.4. The summed E-state index contributed by atoms with van der Waals surface area (Å²) in [5.41, 5.74) is 0.919. The van der Waals surface area contributed by atoms with Crippen LogP contribution in [0, 0.1) is 10.1 Å². The number of hydrogen-bond donors (Lipinski definition) is 1. The van der Waals surface area contributed by atoms with Crippen molar-refractivity contribution in [2.75, 3.05) is 4.72 Å². The molecule has 10 nitrogen and oxygen atoms in total. The molecule has 0 radical (unpaired) electrons. The minimum absolute atomic E-state index is 0.0300. The molecule has 0 saturated carbocycles. The van der Waals surface area contributed by atoms with Gasteiger partial charge in [0.25, 0.3) is 21.6 Å². The van der Waals surface area contributed by atoms with Crippen molar-refractivity contribution in [2.24, 2.45) is 9.98 Å². The monoisotopic (exact) mass is 625 g/mol. The fraction of sp³-hybridized carbons (Fsp3) is 0.0385. The van der Waals surface area contributed by atoms with Gasteiger partial charge in [0.15, 0.2) is 5.84 Å². The maximum atomic E-state index is 13.4. The van der Waals surface area contributed by atoms with Crippen molar-refractivity contribution < 1.29 is 18.1 Å². The highest BCUT2D eigenvalue weighted by molar-refractivity contribution is 9.11. The van der Waals surface area contributed by atoms with Crippen LogP contribution in [0.4, 0.5) is 11.4 Å². The molecular weight excluding hydrogens is 610 g/mol. The Morgan fingerprint density at radius 2 is 1.85 bits per heavy atom. The Morgan fingerprint density at radius 3 is 2.64 bits per heavy atom. The number of carbonyl (C=O) groups excluding carboxylic acids is 1. The number of fused-ring (bicyclic) bond motifs is 2. The Hall–Kier alpha value is -4.13. The predicted molar refractivity (Wildman–Crippen MR) is 152 cm³/mol. The van der Waals surface area contributed by atoms with Gasteiger partial charge in [0.05, 0.1) is 21.1 Å². The van der Waals surface area contributed by atoms with Gasteiger partial charge in [-0.05, 0) is 57.9 Å². The van der Waals surface area contributed by atoms with E-state index in [9.17, 15) is 23.3 Å². The Balaban J connectivity index is 1.53. The van der Waals surface area contributed by atoms with Crippen LogP contribution in [0.25, 0.3) is 0 Å². The van der Waals surface area contributed by atoms with Crippen molar-refractivity contribution >= 4 is 66.5 Å². The van der Waals surface area contributed by atoms with Gasteiger partial charge in [0, 0.05) is 28.9 Å². The number of allylic oxidation sites excluding steroid dienone is 2. The van der Waals surface area contributed by atoms with E-state index >= 15 is 0 Å². The van der Waals surface area contributed by atoms with Gasteiger partial charge in [-0.15, -0.1) is 0 Å². The largest absolute Gasteiger partial charge is 0.327 e. The normalized spacial score (nSPS) is 15.5. The number of nitrogens with zero attached hydrogens (tertiary/aromatic N) is 4. The molecule has 2 heterocycles. The maximum absolute atomic E-state index is 13.4. The second-order valence-electron chi connectivity index (χ2n) is 8.36. The van der Waals surface area contributed by atoms with Crippen molar-refractivity contribution in [3.63, 3.8) is 0 Å². The first-order chi connectivity index (χ1) is 18.6. The molecule has 39 heavy (non-hydrogen) atoms. The first kappa shape index (κ1) is 26.5. The molecule has 3 aromatic rings. The molecule has 0 saturated heterocycles. The number of nitrogens with one attached hydrogen (secondary N) is 1. The number of aliphatic imine (C=N–C) groups is 2. The maximum Gasteiger partial charge on any atom is 0.289 e. The molecule has 1 amide bonds. The van der Waals surface area contributed by atoms with Crippen molar-refractivity contribution in [2.45, 2.75) is 11.4 Å². The second-order valence-corrected chi connectivity index (χ2v) is 11.4. The number of amidine groups is 2. The van der Waals surface area contributed by atoms with E-state index in [-0.39, 0.29) is 27.0 Å². The molecule has 0 bridgehead atoms. The quantitative estimate of drug-likeness (QED) is 0.287. The van der Waals surface area contributed by atoms with Gasteiger partial charge in [-0.25, -0.2) is 13.4 Å². The fourth-order valence-corrected chi connectivity index (χ4v) is 5.63. The van der Waals surface area contributed by atoms with Crippen LogP contribution in [0.1, 0.15) is 21.5 Å². The molecule has 2 aliphatic heterocycles. The lowest BCUT2D eigenvalue weighted by atomic mass is 10.1. The van der Waals surface area contributed by atoms with Crippen molar-refractivity contribution in [3.05, 3.63) is 121 Å². The molecule has 0 unspecified atom stereocenters. The van der Waals surface area contributed by atoms with Gasteiger partial charge in [-0.2, -0.15) is 4.99 Å². The lowest BCUT2D eigenvalue weighted by molar-refractivity contribution is -0.384. The summed E-state index contributed by atoms with van der Waals surface area (Å²) in [6.07, 6.45) is 5.50. The topological polar surface area (TPSA) is 134 Å². The van der Waals surface area contributed by atoms with Crippen molar-refractivity contribution in [1.82, 2.24) is 4.90 Å². The number of carbonyl (C=O) groups is 1. The van der Waals surface area contributed by atoms with Crippen LogP contribution in [0.15, 0.2) is 104 Å². The summed E-state index contributed by atoms with van der Waals surface area (Å²) in [5.74, 6) is 0.0314. The van der Waals surface area contributed by atoms with Gasteiger partial charge in [0.2, 0.25) is 0 Å². The molecule has 13 heteroatoms. The fourth-order valence-electron chi connectivity index (χ4n) is 3.97. The smallest absolute Gasteiger partial charge is 0.289 e. The number of hydrogen-bond acceptors (Lipinski definition) is 6. The standard InChI is InChI=1S/C26H17BrClN5O5S/c27-17-9-12-24-29-25(19-6-2-1-5-16(19)14-32(24)15-17)30-26(34)20-7-3-4-8-22(20)31-39(37,38)18-10-11-21(28)23(13-18)33(35)36/h1-13,15,31H,14H2. The van der Waals surface area contributed by atoms with E-state index in [1.54, 1.807) is 18.2 Å². The van der Waals surface area contributed by atoms with E-state index in [2.05, 4.69) is 30.6 Å². The molecule has 0 fully saturated rings. The van der Waals surface area contributed by atoms with Gasteiger partial charge < -0.3 is 4.90 Å². The molecule has 3 aromatic carbocycles. The molecule has 196 valence electrons. The molecule has 5 rings (SSSR count). The summed E-state index contributed by atoms with van der Waals surface area (Å²) in [6.45, 7) is 0.505. The van der Waals surface area contributed by atoms with Crippen LogP contribution in [-0.4, -0.2) is 35.8 Å². The highest BCUT2D eigenvalue weighted by atomic mass is 79.9. The molecule has 0 spiro atoms. The summed E-state index contributed by atoms with van der Waals surface area (Å²) >= 11 is 9.28. The van der Waals surface area contributed by atoms with E-state index < -0.39 is 26.5 Å². The van der Waals surface area contributed by atoms with Gasteiger partial charge in [-0.3, -0.25) is 19.6 Å². The van der Waals surface area contributed by atoms with Crippen LogP contribution in [-0.2, 0) is 16.6 Å². The number of amides is 1. The number of para-hydroxylation sites is 1. The van der Waals surface area contributed by atoms with Crippen LogP contribution in [0.3, 0.4) is 0 Å². The van der Waals surface area contributed by atoms with Crippen LogP contribution < -0.4 is 4.72 Å². The van der Waals surface area contributed by atoms with E-state index in [4.69, 9.17) is 11.6 Å². The van der Waals surface area contributed by atoms with Crippen molar-refractivity contribution in [1.29, 1.82) is 0 Å². The summed E-state index contributed by atoms with van der Waals surface area (Å²) in [5, 5.41) is 11.0. The number of rotatable bonds is 5. The summed E-state index contributed by atoms with van der Waals surface area (Å²) in [6, 6.07) is 16.5. The first-order valence-electron chi connectivity index (χ1n) is 11.3. The number of nitro groups is 1. The Bertz CT molecular complexity index is 1770. The molecular formula is C26H17BrClN5O5S. The predicted octanol–water partition coefficient (Wildman–Crippen LogP) is 5.66. The second kappa shape index (κ2) is 10.6. The zero-order valence-electron chi connectivity index (χ0n) is 19.8. The first-order valence-corrected chi connectivity index (χ1v) is 14.0. The lowest BCUT2D eigenvalue weighted by Crippen LogP contribution is -2.24. The third kappa shape index (κ3) is 5.53. The molecule has 0 aliphatic carbocycles. The van der Waals surface area contributed by atoms with E-state index in [0.717, 1.165) is 28.2 Å². The highest BCUT2D eigenvalue weighted by Crippen LogP contribution is 2.29. The Morgan fingerprint density at radius 1 is 1.10 bits per heavy atom. The lowest BCUT2D eigenvalue weighted by Gasteiger charge is -2.21. The average Bonchev–Trinajstić information content (AvgIpc) is 3.04. The van der Waals surface area contributed by atoms with Crippen molar-refractivity contribution in [3.8, 4) is 0 Å². The number of nitro benzene ring substituents is 1. The van der Waals surface area contributed by atoms with Crippen LogP contribution in [0.5, 0.6) is 0 Å². The van der Waals surface area contributed by atoms with Crippen LogP contribution in [0.2, 0.25) is 5.02 Å². The third-order valence-corrected chi connectivity index (χ3v) is 7.97. The van der Waals surface area contributed by atoms with E-state index in [0.29, 0.717) is 17.9 Å². The Labute approximate surface area is 236 Å². The molecule has 2 aliphatic rings. The zero-order chi connectivity index (χ0) is 27.7. The minimum atomic E-state index is -4.32. The SMILES string of the molecule is O=C(N=C1N=C2C=CC(Br)=CN2Cc2ccccc21)c1ccccc1NS(=O)(=O)c1ccc(Cl)c([N+](=O)[O-])c1. The molecule has 0 atom stereocenters. The number of sulfonamides is 1.